The first-order valence-corrected chi connectivity index (χ1v) is 7.58. The van der Waals surface area contributed by atoms with Gasteiger partial charge < -0.3 is 10.1 Å². The highest BCUT2D eigenvalue weighted by molar-refractivity contribution is 6.30. The van der Waals surface area contributed by atoms with E-state index in [1.165, 1.54) is 16.7 Å². The molecule has 0 aliphatic rings. The van der Waals surface area contributed by atoms with Gasteiger partial charge in [-0.2, -0.15) is 0 Å². The second kappa shape index (κ2) is 7.48. The highest BCUT2D eigenvalue weighted by Gasteiger charge is 2.09. The van der Waals surface area contributed by atoms with Gasteiger partial charge in [-0.05, 0) is 68.3 Å². The van der Waals surface area contributed by atoms with E-state index in [0.717, 1.165) is 17.2 Å². The Labute approximate surface area is 132 Å². The highest BCUT2D eigenvalue weighted by atomic mass is 35.5. The van der Waals surface area contributed by atoms with E-state index in [4.69, 9.17) is 16.3 Å². The fourth-order valence-electron chi connectivity index (χ4n) is 2.19. The van der Waals surface area contributed by atoms with Crippen molar-refractivity contribution in [3.05, 3.63) is 64.2 Å². The van der Waals surface area contributed by atoms with Crippen LogP contribution in [0.5, 0.6) is 5.75 Å². The molecule has 2 aromatic carbocycles. The Morgan fingerprint density at radius 2 is 1.76 bits per heavy atom. The van der Waals surface area contributed by atoms with Crippen LogP contribution in [0.4, 0.5) is 0 Å². The molecule has 0 aliphatic heterocycles. The molecule has 112 valence electrons. The van der Waals surface area contributed by atoms with Gasteiger partial charge in [-0.3, -0.25) is 0 Å². The van der Waals surface area contributed by atoms with Crippen molar-refractivity contribution in [2.75, 3.05) is 13.7 Å². The third-order valence-corrected chi connectivity index (χ3v) is 3.98. The van der Waals surface area contributed by atoms with E-state index < -0.39 is 0 Å². The molecular formula is C18H22ClNO. The van der Waals surface area contributed by atoms with Crippen molar-refractivity contribution in [2.45, 2.75) is 26.3 Å². The van der Waals surface area contributed by atoms with Gasteiger partial charge in [0.25, 0.3) is 0 Å². The van der Waals surface area contributed by atoms with E-state index in [9.17, 15) is 0 Å². The lowest BCUT2D eigenvalue weighted by Gasteiger charge is -2.18. The van der Waals surface area contributed by atoms with Gasteiger partial charge in [-0.25, -0.2) is 0 Å². The van der Waals surface area contributed by atoms with Crippen LogP contribution >= 0.6 is 11.6 Å². The molecule has 1 unspecified atom stereocenters. The Bertz CT molecular complexity index is 580. The zero-order valence-corrected chi connectivity index (χ0v) is 13.6. The number of rotatable bonds is 6. The van der Waals surface area contributed by atoms with Crippen LogP contribution in [-0.4, -0.2) is 19.7 Å². The Morgan fingerprint density at radius 3 is 2.38 bits per heavy atom. The molecule has 0 saturated heterocycles. The molecule has 1 N–H and O–H groups in total. The molecule has 2 nitrogen and oxygen atoms in total. The molecule has 0 amide bonds. The maximum absolute atomic E-state index is 5.87. The molecule has 0 bridgehead atoms. The van der Waals surface area contributed by atoms with Crippen LogP contribution in [0.15, 0.2) is 42.5 Å². The van der Waals surface area contributed by atoms with E-state index in [1.54, 1.807) is 0 Å². The van der Waals surface area contributed by atoms with Crippen molar-refractivity contribution in [3.8, 4) is 5.75 Å². The fraction of sp³-hybridized carbons (Fsp3) is 0.333. The lowest BCUT2D eigenvalue weighted by Crippen LogP contribution is -2.33. The van der Waals surface area contributed by atoms with E-state index in [1.807, 2.05) is 31.3 Å². The summed E-state index contributed by atoms with van der Waals surface area (Å²) in [4.78, 5) is 0. The molecule has 1 atom stereocenters. The monoisotopic (exact) mass is 303 g/mol. The number of likely N-dealkylation sites (N-methyl/N-ethyl adjacent to an activating group) is 1. The van der Waals surface area contributed by atoms with Crippen LogP contribution in [0.2, 0.25) is 5.02 Å². The number of aryl methyl sites for hydroxylation is 2. The summed E-state index contributed by atoms with van der Waals surface area (Å²) in [5.41, 5.74) is 4.00. The van der Waals surface area contributed by atoms with Gasteiger partial charge in [0.1, 0.15) is 12.4 Å². The quantitative estimate of drug-likeness (QED) is 0.865. The van der Waals surface area contributed by atoms with Crippen molar-refractivity contribution in [1.29, 1.82) is 0 Å². The van der Waals surface area contributed by atoms with Crippen LogP contribution in [0, 0.1) is 13.8 Å². The molecule has 0 heterocycles. The van der Waals surface area contributed by atoms with E-state index in [0.29, 0.717) is 6.61 Å². The molecule has 2 aromatic rings. The normalized spacial score (nSPS) is 12.2. The smallest absolute Gasteiger partial charge is 0.119 e. The zero-order valence-electron chi connectivity index (χ0n) is 12.8. The van der Waals surface area contributed by atoms with Gasteiger partial charge in [0.05, 0.1) is 0 Å². The largest absolute Gasteiger partial charge is 0.492 e. The SMILES string of the molecule is CNC(COc1ccc(Cl)cc1)Cc1ccc(C)c(C)c1. The summed E-state index contributed by atoms with van der Waals surface area (Å²) in [5, 5.41) is 4.04. The third-order valence-electron chi connectivity index (χ3n) is 3.73. The number of ether oxygens (including phenoxy) is 1. The summed E-state index contributed by atoms with van der Waals surface area (Å²) in [5.74, 6) is 0.847. The van der Waals surface area contributed by atoms with Gasteiger partial charge >= 0.3 is 0 Å². The number of nitrogens with one attached hydrogen (secondary N) is 1. The standard InChI is InChI=1S/C18H22ClNO/c1-13-4-5-15(10-14(13)2)11-17(20-3)12-21-18-8-6-16(19)7-9-18/h4-10,17,20H,11-12H2,1-3H3. The van der Waals surface area contributed by atoms with Crippen molar-refractivity contribution < 1.29 is 4.74 Å². The molecule has 2 rings (SSSR count). The minimum Gasteiger partial charge on any atom is -0.492 e. The molecule has 0 spiro atoms. The van der Waals surface area contributed by atoms with Crippen LogP contribution in [-0.2, 0) is 6.42 Å². The van der Waals surface area contributed by atoms with E-state index in [-0.39, 0.29) is 6.04 Å². The zero-order chi connectivity index (χ0) is 15.2. The number of hydrogen-bond acceptors (Lipinski definition) is 2. The predicted octanol–water partition coefficient (Wildman–Crippen LogP) is 4.17. The lowest BCUT2D eigenvalue weighted by molar-refractivity contribution is 0.270. The highest BCUT2D eigenvalue weighted by Crippen LogP contribution is 2.16. The van der Waals surface area contributed by atoms with Gasteiger partial charge in [0, 0.05) is 11.1 Å². The number of hydrogen-bond donors (Lipinski definition) is 1. The first kappa shape index (κ1) is 15.9. The van der Waals surface area contributed by atoms with Crippen LogP contribution in [0.1, 0.15) is 16.7 Å². The molecular weight excluding hydrogens is 282 g/mol. The summed E-state index contributed by atoms with van der Waals surface area (Å²) < 4.78 is 5.82. The summed E-state index contributed by atoms with van der Waals surface area (Å²) in [6.07, 6.45) is 0.950. The van der Waals surface area contributed by atoms with Gasteiger partial charge in [0.15, 0.2) is 0 Å². The van der Waals surface area contributed by atoms with Crippen molar-refractivity contribution >= 4 is 11.6 Å². The second-order valence-electron chi connectivity index (χ2n) is 5.37. The minimum absolute atomic E-state index is 0.280. The first-order chi connectivity index (χ1) is 10.1. The molecule has 0 aliphatic carbocycles. The molecule has 0 aromatic heterocycles. The van der Waals surface area contributed by atoms with Crippen molar-refractivity contribution in [1.82, 2.24) is 5.32 Å². The second-order valence-corrected chi connectivity index (χ2v) is 5.81. The molecule has 0 fully saturated rings. The van der Waals surface area contributed by atoms with Gasteiger partial charge in [0.2, 0.25) is 0 Å². The summed E-state index contributed by atoms with van der Waals surface area (Å²) >= 11 is 5.87. The number of benzene rings is 2. The first-order valence-electron chi connectivity index (χ1n) is 7.20. The molecule has 3 heteroatoms. The van der Waals surface area contributed by atoms with E-state index >= 15 is 0 Å². The summed E-state index contributed by atoms with van der Waals surface area (Å²) in [7, 11) is 1.97. The molecule has 0 saturated carbocycles. The van der Waals surface area contributed by atoms with Crippen LogP contribution in [0.3, 0.4) is 0 Å². The van der Waals surface area contributed by atoms with Crippen molar-refractivity contribution in [3.63, 3.8) is 0 Å². The fourth-order valence-corrected chi connectivity index (χ4v) is 2.31. The maximum atomic E-state index is 5.87. The Hall–Kier alpha value is -1.51. The van der Waals surface area contributed by atoms with Gasteiger partial charge in [-0.1, -0.05) is 29.8 Å². The summed E-state index contributed by atoms with van der Waals surface area (Å²) in [6.45, 7) is 4.92. The topological polar surface area (TPSA) is 21.3 Å². The van der Waals surface area contributed by atoms with Crippen LogP contribution in [0.25, 0.3) is 0 Å². The molecule has 21 heavy (non-hydrogen) atoms. The maximum Gasteiger partial charge on any atom is 0.119 e. The third kappa shape index (κ3) is 4.76. The van der Waals surface area contributed by atoms with E-state index in [2.05, 4.69) is 37.4 Å². The lowest BCUT2D eigenvalue weighted by atomic mass is 10.0. The summed E-state index contributed by atoms with van der Waals surface area (Å²) in [6, 6.07) is 14.4. The van der Waals surface area contributed by atoms with Crippen molar-refractivity contribution in [2.24, 2.45) is 0 Å². The Balaban J connectivity index is 1.93. The van der Waals surface area contributed by atoms with Crippen LogP contribution < -0.4 is 10.1 Å². The minimum atomic E-state index is 0.280. The molecule has 0 radical (unpaired) electrons. The average Bonchev–Trinajstić information content (AvgIpc) is 2.49. The Morgan fingerprint density at radius 1 is 1.05 bits per heavy atom. The number of halogens is 1. The Kier molecular flexibility index (Phi) is 5.66. The van der Waals surface area contributed by atoms with Gasteiger partial charge in [-0.15, -0.1) is 0 Å². The average molecular weight is 304 g/mol. The predicted molar refractivity (Wildman–Crippen MR) is 89.4 cm³/mol.